The zero-order valence-electron chi connectivity index (χ0n) is 17.2. The predicted octanol–water partition coefficient (Wildman–Crippen LogP) is 5.76. The maximum atomic E-state index is 13.7. The van der Waals surface area contributed by atoms with Crippen molar-refractivity contribution in [2.75, 3.05) is 6.61 Å². The molecule has 3 atom stereocenters. The Labute approximate surface area is 189 Å². The number of rotatable bonds is 5. The minimum atomic E-state index is -0.671. The van der Waals surface area contributed by atoms with Gasteiger partial charge in [-0.2, -0.15) is 5.10 Å². The van der Waals surface area contributed by atoms with Gasteiger partial charge < -0.3 is 4.74 Å². The predicted molar refractivity (Wildman–Crippen MR) is 114 cm³/mol. The first-order chi connectivity index (χ1) is 15.4. The fourth-order valence-electron chi connectivity index (χ4n) is 5.27. The molecule has 32 heavy (non-hydrogen) atoms. The van der Waals surface area contributed by atoms with Crippen molar-refractivity contribution < 1.29 is 22.7 Å². The number of benzene rings is 2. The summed E-state index contributed by atoms with van der Waals surface area (Å²) >= 11 is 6.06. The lowest BCUT2D eigenvalue weighted by Gasteiger charge is -2.51. The number of ether oxygens (including phenoxy) is 1. The van der Waals surface area contributed by atoms with Crippen LogP contribution in [0.15, 0.2) is 41.5 Å². The molecule has 0 radical (unpaired) electrons. The largest absolute Gasteiger partial charge is 0.492 e. The number of hydrazone groups is 1. The number of hydrogen-bond donors (Lipinski definition) is 0. The van der Waals surface area contributed by atoms with E-state index in [0.29, 0.717) is 42.6 Å². The fourth-order valence-corrected chi connectivity index (χ4v) is 5.49. The van der Waals surface area contributed by atoms with Crippen LogP contribution < -0.4 is 4.74 Å². The van der Waals surface area contributed by atoms with E-state index in [9.17, 15) is 18.0 Å². The molecule has 8 heteroatoms. The van der Waals surface area contributed by atoms with Crippen LogP contribution >= 0.6 is 11.6 Å². The third-order valence-corrected chi connectivity index (χ3v) is 7.29. The fraction of sp³-hybridized carbons (Fsp3) is 0.417. The van der Waals surface area contributed by atoms with Crippen molar-refractivity contribution in [2.45, 2.75) is 31.7 Å². The smallest absolute Gasteiger partial charge is 0.246 e. The molecular formula is C24H22ClF3N2O2. The molecule has 3 fully saturated rings. The Morgan fingerprint density at radius 1 is 1.03 bits per heavy atom. The molecule has 0 saturated heterocycles. The van der Waals surface area contributed by atoms with E-state index in [4.69, 9.17) is 16.3 Å². The molecular weight excluding hydrogens is 441 g/mol. The average molecular weight is 463 g/mol. The molecule has 2 aromatic rings. The molecule has 168 valence electrons. The van der Waals surface area contributed by atoms with E-state index in [1.54, 1.807) is 6.21 Å². The summed E-state index contributed by atoms with van der Waals surface area (Å²) in [4.78, 5) is 13.4. The molecule has 0 spiro atoms. The van der Waals surface area contributed by atoms with Crippen LogP contribution in [-0.4, -0.2) is 23.7 Å². The Balaban J connectivity index is 1.28. The minimum Gasteiger partial charge on any atom is -0.492 e. The van der Waals surface area contributed by atoms with Crippen molar-refractivity contribution in [1.29, 1.82) is 0 Å². The third-order valence-electron chi connectivity index (χ3n) is 6.99. The van der Waals surface area contributed by atoms with Gasteiger partial charge in [0.15, 0.2) is 0 Å². The van der Waals surface area contributed by atoms with Crippen LogP contribution in [0.3, 0.4) is 0 Å². The second-order valence-electron chi connectivity index (χ2n) is 8.91. The summed E-state index contributed by atoms with van der Waals surface area (Å²) in [7, 11) is 0. The highest BCUT2D eigenvalue weighted by Gasteiger charge is 2.50. The third kappa shape index (κ3) is 3.98. The van der Waals surface area contributed by atoms with Gasteiger partial charge in [-0.1, -0.05) is 11.6 Å². The highest BCUT2D eigenvalue weighted by Crippen LogP contribution is 2.53. The van der Waals surface area contributed by atoms with Gasteiger partial charge >= 0.3 is 0 Å². The molecule has 0 aromatic heterocycles. The van der Waals surface area contributed by atoms with E-state index in [1.807, 2.05) is 0 Å². The Kier molecular flexibility index (Phi) is 5.61. The molecule has 1 heterocycles. The standard InChI is InChI=1S/C24H22ClF3N2O2/c25-21-11-17(26)1-2-23(21)32-12-16-9-20(14-5-13(16)6-14)24(31)30-22(3-4-29-30)15-7-18(27)10-19(28)8-15/h1-2,4,7-8,10-11,13-14,16,20,22H,3,5-6,9,12H2/t13?,14?,16-,20?,22?/m0/s1. The molecule has 1 amide bonds. The van der Waals surface area contributed by atoms with Gasteiger partial charge in [-0.25, -0.2) is 18.2 Å². The highest BCUT2D eigenvalue weighted by atomic mass is 35.5. The SMILES string of the molecule is O=C(C1C[C@@H](COc2ccc(F)cc2Cl)C2CC1C2)N1N=CCC1c1cc(F)cc(F)c1. The quantitative estimate of drug-likeness (QED) is 0.567. The summed E-state index contributed by atoms with van der Waals surface area (Å²) in [5.41, 5.74) is 0.404. The maximum absolute atomic E-state index is 13.7. The van der Waals surface area contributed by atoms with Crippen molar-refractivity contribution in [1.82, 2.24) is 5.01 Å². The summed E-state index contributed by atoms with van der Waals surface area (Å²) in [5.74, 6) is -0.717. The second-order valence-corrected chi connectivity index (χ2v) is 9.32. The first-order valence-corrected chi connectivity index (χ1v) is 11.2. The molecule has 1 aliphatic heterocycles. The summed E-state index contributed by atoms with van der Waals surface area (Å²) in [6, 6.07) is 6.85. The molecule has 4 aliphatic rings. The van der Waals surface area contributed by atoms with Gasteiger partial charge in [0.25, 0.3) is 0 Å². The number of amides is 1. The molecule has 2 unspecified atom stereocenters. The normalized spacial score (nSPS) is 28.5. The van der Waals surface area contributed by atoms with Crippen LogP contribution in [0.5, 0.6) is 5.75 Å². The van der Waals surface area contributed by atoms with Gasteiger partial charge in [-0.15, -0.1) is 0 Å². The summed E-state index contributed by atoms with van der Waals surface area (Å²) in [6.45, 7) is 0.397. The Morgan fingerprint density at radius 2 is 1.78 bits per heavy atom. The van der Waals surface area contributed by atoms with Crippen LogP contribution in [0.4, 0.5) is 13.2 Å². The summed E-state index contributed by atoms with van der Waals surface area (Å²) in [6.07, 6.45) is 4.58. The van der Waals surface area contributed by atoms with Crippen LogP contribution in [0.1, 0.15) is 37.3 Å². The van der Waals surface area contributed by atoms with Gasteiger partial charge in [-0.3, -0.25) is 4.79 Å². The highest BCUT2D eigenvalue weighted by molar-refractivity contribution is 6.32. The average Bonchev–Trinajstić information content (AvgIpc) is 3.21. The molecule has 3 aliphatic carbocycles. The number of carbonyl (C=O) groups excluding carboxylic acids is 1. The first-order valence-electron chi connectivity index (χ1n) is 10.8. The zero-order valence-corrected chi connectivity index (χ0v) is 17.9. The topological polar surface area (TPSA) is 41.9 Å². The number of fused-ring (bicyclic) bond motifs is 2. The van der Waals surface area contributed by atoms with Crippen molar-refractivity contribution in [3.8, 4) is 5.75 Å². The van der Waals surface area contributed by atoms with Crippen molar-refractivity contribution in [2.24, 2.45) is 28.8 Å². The number of halogens is 4. The van der Waals surface area contributed by atoms with E-state index in [0.717, 1.165) is 18.9 Å². The van der Waals surface area contributed by atoms with E-state index >= 15 is 0 Å². The van der Waals surface area contributed by atoms with Crippen molar-refractivity contribution in [3.63, 3.8) is 0 Å². The van der Waals surface area contributed by atoms with Gasteiger partial charge in [0, 0.05) is 24.6 Å². The summed E-state index contributed by atoms with van der Waals surface area (Å²) in [5, 5.41) is 5.86. The molecule has 0 N–H and O–H groups in total. The van der Waals surface area contributed by atoms with Crippen LogP contribution in [-0.2, 0) is 4.79 Å². The number of carbonyl (C=O) groups is 1. The monoisotopic (exact) mass is 462 g/mol. The van der Waals surface area contributed by atoms with Gasteiger partial charge in [-0.05, 0) is 72.9 Å². The molecule has 4 nitrogen and oxygen atoms in total. The Morgan fingerprint density at radius 3 is 2.50 bits per heavy atom. The molecule has 2 bridgehead atoms. The summed E-state index contributed by atoms with van der Waals surface area (Å²) < 4.78 is 46.6. The lowest BCUT2D eigenvalue weighted by molar-refractivity contribution is -0.148. The van der Waals surface area contributed by atoms with Gasteiger partial charge in [0.2, 0.25) is 5.91 Å². The van der Waals surface area contributed by atoms with E-state index < -0.39 is 23.5 Å². The molecule has 6 rings (SSSR count). The Hall–Kier alpha value is -2.54. The van der Waals surface area contributed by atoms with E-state index in [1.165, 1.54) is 35.3 Å². The van der Waals surface area contributed by atoms with Gasteiger partial charge in [0.1, 0.15) is 23.2 Å². The van der Waals surface area contributed by atoms with Crippen molar-refractivity contribution >= 4 is 23.7 Å². The minimum absolute atomic E-state index is 0.110. The van der Waals surface area contributed by atoms with E-state index in [2.05, 4.69) is 5.10 Å². The lowest BCUT2D eigenvalue weighted by Crippen LogP contribution is -2.50. The first kappa shape index (κ1) is 21.3. The Bertz CT molecular complexity index is 1050. The molecule has 2 aromatic carbocycles. The number of hydrogen-bond acceptors (Lipinski definition) is 3. The van der Waals surface area contributed by atoms with Crippen LogP contribution in [0.2, 0.25) is 5.02 Å². The van der Waals surface area contributed by atoms with Crippen molar-refractivity contribution in [3.05, 3.63) is 64.4 Å². The van der Waals surface area contributed by atoms with Crippen LogP contribution in [0, 0.1) is 41.1 Å². The molecule has 3 saturated carbocycles. The van der Waals surface area contributed by atoms with Crippen LogP contribution in [0.25, 0.3) is 0 Å². The second kappa shape index (κ2) is 8.43. The number of nitrogens with zero attached hydrogens (tertiary/aromatic N) is 2. The van der Waals surface area contributed by atoms with E-state index in [-0.39, 0.29) is 22.8 Å². The lowest BCUT2D eigenvalue weighted by atomic mass is 9.55. The van der Waals surface area contributed by atoms with Gasteiger partial charge in [0.05, 0.1) is 17.7 Å². The zero-order chi connectivity index (χ0) is 22.4. The maximum Gasteiger partial charge on any atom is 0.246 e.